The Morgan fingerprint density at radius 3 is 2.61 bits per heavy atom. The first kappa shape index (κ1) is 16.0. The zero-order chi connectivity index (χ0) is 16.9. The number of sulfonamides is 1. The van der Waals surface area contributed by atoms with Crippen molar-refractivity contribution in [1.82, 2.24) is 14.5 Å². The van der Waals surface area contributed by atoms with Crippen molar-refractivity contribution in [2.75, 3.05) is 0 Å². The van der Waals surface area contributed by atoms with E-state index < -0.39 is 27.3 Å². The maximum atomic E-state index is 12.7. The van der Waals surface area contributed by atoms with E-state index in [9.17, 15) is 21.6 Å². The van der Waals surface area contributed by atoms with E-state index in [0.717, 1.165) is 35.9 Å². The van der Waals surface area contributed by atoms with Gasteiger partial charge in [0.2, 0.25) is 10.0 Å². The number of rotatable bonds is 4. The normalized spacial score (nSPS) is 17.2. The molecule has 0 aliphatic heterocycles. The second-order valence-corrected chi connectivity index (χ2v) is 7.52. The molecule has 3 rings (SSSR count). The van der Waals surface area contributed by atoms with Crippen LogP contribution < -0.4 is 4.72 Å². The Hall–Kier alpha value is -1.87. The fourth-order valence-electron chi connectivity index (χ4n) is 2.08. The molecule has 124 valence electrons. The monoisotopic (exact) mass is 345 g/mol. The molecule has 0 unspecified atom stereocenters. The highest BCUT2D eigenvalue weighted by molar-refractivity contribution is 7.89. The highest BCUT2D eigenvalue weighted by atomic mass is 32.2. The van der Waals surface area contributed by atoms with Crippen molar-refractivity contribution >= 4 is 10.0 Å². The largest absolute Gasteiger partial charge is 0.416 e. The summed E-state index contributed by atoms with van der Waals surface area (Å²) in [6.45, 7) is 1.79. The van der Waals surface area contributed by atoms with Crippen LogP contribution in [0.15, 0.2) is 41.6 Å². The third-order valence-electron chi connectivity index (χ3n) is 3.69. The van der Waals surface area contributed by atoms with Crippen molar-refractivity contribution in [3.8, 4) is 5.69 Å². The molecule has 0 atom stereocenters. The molecule has 1 heterocycles. The first-order valence-corrected chi connectivity index (χ1v) is 8.34. The van der Waals surface area contributed by atoms with Crippen molar-refractivity contribution in [3.05, 3.63) is 42.2 Å². The minimum atomic E-state index is -4.47. The molecule has 1 saturated carbocycles. The van der Waals surface area contributed by atoms with Gasteiger partial charge in [0.25, 0.3) is 0 Å². The van der Waals surface area contributed by atoms with Gasteiger partial charge in [-0.2, -0.15) is 18.3 Å². The number of nitrogens with one attached hydrogen (secondary N) is 1. The summed E-state index contributed by atoms with van der Waals surface area (Å²) < 4.78 is 66.3. The van der Waals surface area contributed by atoms with E-state index in [1.54, 1.807) is 6.92 Å². The summed E-state index contributed by atoms with van der Waals surface area (Å²) in [5.41, 5.74) is -1.12. The van der Waals surface area contributed by atoms with Crippen LogP contribution in [-0.4, -0.2) is 23.7 Å². The molecule has 0 radical (unpaired) electrons. The Morgan fingerprint density at radius 1 is 1.30 bits per heavy atom. The van der Waals surface area contributed by atoms with E-state index in [-0.39, 0.29) is 10.6 Å². The quantitative estimate of drug-likeness (QED) is 0.927. The molecule has 0 saturated heterocycles. The number of nitrogens with zero attached hydrogens (tertiary/aromatic N) is 2. The summed E-state index contributed by atoms with van der Waals surface area (Å²) in [4.78, 5) is -0.0805. The molecule has 1 fully saturated rings. The summed E-state index contributed by atoms with van der Waals surface area (Å²) in [5.74, 6) is 0. The number of benzene rings is 1. The van der Waals surface area contributed by atoms with Gasteiger partial charge in [0.05, 0.1) is 23.6 Å². The average Bonchev–Trinajstić information content (AvgIpc) is 2.98. The molecule has 0 amide bonds. The third kappa shape index (κ3) is 3.40. The van der Waals surface area contributed by atoms with Gasteiger partial charge in [0.15, 0.2) is 0 Å². The van der Waals surface area contributed by atoms with Crippen LogP contribution in [0, 0.1) is 0 Å². The Kier molecular flexibility index (Phi) is 3.53. The molecule has 1 aromatic heterocycles. The zero-order valence-corrected chi connectivity index (χ0v) is 12.9. The number of aromatic nitrogens is 2. The molecular formula is C14H14F3N3O2S. The average molecular weight is 345 g/mol. The Morgan fingerprint density at radius 2 is 2.00 bits per heavy atom. The molecule has 1 N–H and O–H groups in total. The Labute approximate surface area is 131 Å². The molecule has 0 spiro atoms. The predicted octanol–water partition coefficient (Wildman–Crippen LogP) is 2.72. The fourth-order valence-corrected chi connectivity index (χ4v) is 3.48. The molecule has 5 nitrogen and oxygen atoms in total. The zero-order valence-electron chi connectivity index (χ0n) is 12.1. The number of hydrogen-bond donors (Lipinski definition) is 1. The summed E-state index contributed by atoms with van der Waals surface area (Å²) in [6.07, 6.45) is -0.639. The van der Waals surface area contributed by atoms with Gasteiger partial charge in [-0.3, -0.25) is 0 Å². The molecular weight excluding hydrogens is 331 g/mol. The summed E-state index contributed by atoms with van der Waals surface area (Å²) in [7, 11) is -3.74. The molecule has 0 bridgehead atoms. The maximum absolute atomic E-state index is 12.7. The van der Waals surface area contributed by atoms with Gasteiger partial charge in [0.1, 0.15) is 4.90 Å². The van der Waals surface area contributed by atoms with Crippen LogP contribution in [0.5, 0.6) is 0 Å². The van der Waals surface area contributed by atoms with Gasteiger partial charge >= 0.3 is 6.18 Å². The summed E-state index contributed by atoms with van der Waals surface area (Å²) >= 11 is 0. The van der Waals surface area contributed by atoms with Gasteiger partial charge in [-0.25, -0.2) is 17.8 Å². The first-order valence-electron chi connectivity index (χ1n) is 6.85. The highest BCUT2D eigenvalue weighted by Crippen LogP contribution is 2.36. The highest BCUT2D eigenvalue weighted by Gasteiger charge is 2.41. The van der Waals surface area contributed by atoms with Crippen LogP contribution in [0.4, 0.5) is 13.2 Å². The molecule has 1 aliphatic carbocycles. The molecule has 9 heteroatoms. The molecule has 2 aromatic rings. The maximum Gasteiger partial charge on any atom is 0.416 e. The van der Waals surface area contributed by atoms with Gasteiger partial charge in [-0.05, 0) is 38.0 Å². The minimum Gasteiger partial charge on any atom is -0.240 e. The van der Waals surface area contributed by atoms with E-state index in [2.05, 4.69) is 9.82 Å². The van der Waals surface area contributed by atoms with Crippen LogP contribution in [-0.2, 0) is 16.2 Å². The van der Waals surface area contributed by atoms with Crippen LogP contribution >= 0.6 is 0 Å². The Bertz CT molecular complexity index is 839. The first-order chi connectivity index (χ1) is 10.6. The lowest BCUT2D eigenvalue weighted by molar-refractivity contribution is -0.137. The van der Waals surface area contributed by atoms with E-state index in [1.165, 1.54) is 18.3 Å². The second-order valence-electron chi connectivity index (χ2n) is 5.83. The predicted molar refractivity (Wildman–Crippen MR) is 76.5 cm³/mol. The van der Waals surface area contributed by atoms with Crippen LogP contribution in [0.1, 0.15) is 25.3 Å². The number of hydrogen-bond acceptors (Lipinski definition) is 3. The summed E-state index contributed by atoms with van der Waals surface area (Å²) in [5, 5.41) is 3.86. The van der Waals surface area contributed by atoms with Gasteiger partial charge in [0, 0.05) is 5.54 Å². The second kappa shape index (κ2) is 5.07. The van der Waals surface area contributed by atoms with Crippen molar-refractivity contribution in [3.63, 3.8) is 0 Å². The van der Waals surface area contributed by atoms with Crippen LogP contribution in [0.2, 0.25) is 0 Å². The number of halogens is 3. The van der Waals surface area contributed by atoms with Gasteiger partial charge < -0.3 is 0 Å². The Balaban J connectivity index is 1.90. The van der Waals surface area contributed by atoms with E-state index in [1.807, 2.05) is 0 Å². The molecule has 1 aliphatic rings. The SMILES string of the molecule is CC1(NS(=O)(=O)c2cnn(-c3cccc(C(F)(F)F)c3)c2)CC1. The fraction of sp³-hybridized carbons (Fsp3) is 0.357. The third-order valence-corrected chi connectivity index (χ3v) is 5.28. The smallest absolute Gasteiger partial charge is 0.240 e. The van der Waals surface area contributed by atoms with Crippen molar-refractivity contribution in [2.24, 2.45) is 0 Å². The van der Waals surface area contributed by atoms with Gasteiger partial charge in [-0.15, -0.1) is 0 Å². The number of alkyl halides is 3. The van der Waals surface area contributed by atoms with E-state index in [4.69, 9.17) is 0 Å². The van der Waals surface area contributed by atoms with E-state index >= 15 is 0 Å². The lowest BCUT2D eigenvalue weighted by atomic mass is 10.2. The van der Waals surface area contributed by atoms with Gasteiger partial charge in [-0.1, -0.05) is 6.07 Å². The lowest BCUT2D eigenvalue weighted by Crippen LogP contribution is -2.34. The van der Waals surface area contributed by atoms with Crippen molar-refractivity contribution in [1.29, 1.82) is 0 Å². The van der Waals surface area contributed by atoms with Crippen molar-refractivity contribution < 1.29 is 21.6 Å². The molecule has 1 aromatic carbocycles. The summed E-state index contributed by atoms with van der Waals surface area (Å²) in [6, 6.07) is 4.53. The van der Waals surface area contributed by atoms with Crippen molar-refractivity contribution in [2.45, 2.75) is 36.4 Å². The molecule has 23 heavy (non-hydrogen) atoms. The lowest BCUT2D eigenvalue weighted by Gasteiger charge is -2.10. The van der Waals surface area contributed by atoms with E-state index in [0.29, 0.717) is 0 Å². The van der Waals surface area contributed by atoms with Crippen LogP contribution in [0.25, 0.3) is 5.69 Å². The van der Waals surface area contributed by atoms with Crippen LogP contribution in [0.3, 0.4) is 0 Å². The standard InChI is InChI=1S/C14H14F3N3O2S/c1-13(5-6-13)19-23(21,22)12-8-18-20(9-12)11-4-2-3-10(7-11)14(15,16)17/h2-4,7-9,19H,5-6H2,1H3. The minimum absolute atomic E-state index is 0.0805. The topological polar surface area (TPSA) is 64.0 Å².